The molecule has 4 aliphatic rings. The molecule has 4 aliphatic carbocycles. The molecule has 6 nitrogen and oxygen atoms in total. The SMILES string of the molecule is C[Si](C)(C)C[Si](C)(C)OC(=O)C12CC3CC(C(=O)O)(C1)CC(C(=O)O[Si](C)(C)C[Si](C)(C)C)(C3)C2. The average Bonchev–Trinajstić information content (AvgIpc) is 2.55. The minimum absolute atomic E-state index is 0.0472. The van der Waals surface area contributed by atoms with Gasteiger partial charge in [0.2, 0.25) is 16.6 Å². The molecule has 0 aromatic carbocycles. The van der Waals surface area contributed by atoms with E-state index in [2.05, 4.69) is 65.5 Å². The fourth-order valence-electron chi connectivity index (χ4n) is 8.48. The van der Waals surface area contributed by atoms with E-state index >= 15 is 0 Å². The van der Waals surface area contributed by atoms with Gasteiger partial charge in [-0.05, 0) is 82.0 Å². The van der Waals surface area contributed by atoms with Crippen LogP contribution in [0.3, 0.4) is 0 Å². The quantitative estimate of drug-likeness (QED) is 0.336. The van der Waals surface area contributed by atoms with Crippen molar-refractivity contribution in [1.29, 1.82) is 0 Å². The highest BCUT2D eigenvalue weighted by Gasteiger charge is 2.71. The van der Waals surface area contributed by atoms with Crippen LogP contribution in [0.25, 0.3) is 0 Å². The molecule has 0 aliphatic heterocycles. The van der Waals surface area contributed by atoms with Crippen LogP contribution in [0.15, 0.2) is 0 Å². The Labute approximate surface area is 216 Å². The van der Waals surface area contributed by atoms with Crippen LogP contribution in [0.5, 0.6) is 0 Å². The minimum atomic E-state index is -2.26. The number of hydrogen-bond acceptors (Lipinski definition) is 5. The molecule has 0 spiro atoms. The lowest BCUT2D eigenvalue weighted by Crippen LogP contribution is -2.65. The molecule has 0 aromatic rings. The lowest BCUT2D eigenvalue weighted by atomic mass is 9.39. The van der Waals surface area contributed by atoms with Crippen molar-refractivity contribution in [2.24, 2.45) is 22.2 Å². The van der Waals surface area contributed by atoms with E-state index in [4.69, 9.17) is 8.85 Å². The summed E-state index contributed by atoms with van der Waals surface area (Å²) in [6.45, 7) is 22.1. The Kier molecular flexibility index (Phi) is 7.14. The smallest absolute Gasteiger partial charge is 0.309 e. The zero-order chi connectivity index (χ0) is 26.9. The van der Waals surface area contributed by atoms with Crippen molar-refractivity contribution in [2.75, 3.05) is 0 Å². The van der Waals surface area contributed by atoms with E-state index in [1.54, 1.807) is 0 Å². The van der Waals surface area contributed by atoms with E-state index in [-0.39, 0.29) is 17.9 Å². The average molecular weight is 557 g/mol. The largest absolute Gasteiger partial charge is 0.519 e. The van der Waals surface area contributed by atoms with E-state index in [1.807, 2.05) is 0 Å². The first-order valence-corrected chi connectivity index (χ1v) is 26.9. The van der Waals surface area contributed by atoms with E-state index in [9.17, 15) is 19.5 Å². The molecule has 4 fully saturated rings. The number of hydrogen-bond donors (Lipinski definition) is 1. The van der Waals surface area contributed by atoms with E-state index in [1.165, 1.54) is 0 Å². The highest BCUT2D eigenvalue weighted by Crippen LogP contribution is 2.70. The summed E-state index contributed by atoms with van der Waals surface area (Å²) in [5, 5.41) is 10.4. The molecule has 2 unspecified atom stereocenters. The Balaban J connectivity index is 1.94. The number of rotatable bonds is 9. The Bertz CT molecular complexity index is 843. The van der Waals surface area contributed by atoms with Gasteiger partial charge in [-0.25, -0.2) is 0 Å². The van der Waals surface area contributed by atoms with E-state index in [0.717, 1.165) is 11.3 Å². The van der Waals surface area contributed by atoms with Crippen LogP contribution in [-0.4, -0.2) is 55.8 Å². The van der Waals surface area contributed by atoms with Crippen LogP contribution < -0.4 is 0 Å². The summed E-state index contributed by atoms with van der Waals surface area (Å²) in [5.41, 5.74) is -0.861. The topological polar surface area (TPSA) is 89.9 Å². The Hall–Kier alpha value is -0.722. The van der Waals surface area contributed by atoms with Crippen LogP contribution in [0.2, 0.25) is 76.8 Å². The maximum Gasteiger partial charge on any atom is 0.309 e. The second-order valence-electron chi connectivity index (χ2n) is 15.9. The maximum absolute atomic E-state index is 13.9. The van der Waals surface area contributed by atoms with Crippen LogP contribution in [0.4, 0.5) is 0 Å². The van der Waals surface area contributed by atoms with Crippen molar-refractivity contribution in [2.45, 2.75) is 115 Å². The number of carbonyl (C=O) groups excluding carboxylic acids is 2. The molecule has 0 radical (unpaired) electrons. The fourth-order valence-corrected chi connectivity index (χ4v) is 30.9. The summed E-state index contributed by atoms with van der Waals surface area (Å²) in [7, 11) is -7.40. The molecule has 35 heavy (non-hydrogen) atoms. The second-order valence-corrected chi connectivity index (χ2v) is 36.4. The summed E-state index contributed by atoms with van der Waals surface area (Å²) in [6, 6.07) is 0. The van der Waals surface area contributed by atoms with Gasteiger partial charge in [0.05, 0.1) is 16.2 Å². The van der Waals surface area contributed by atoms with Gasteiger partial charge in [0.1, 0.15) is 0 Å². The van der Waals surface area contributed by atoms with Crippen molar-refractivity contribution in [3.05, 3.63) is 0 Å². The Morgan fingerprint density at radius 3 is 1.29 bits per heavy atom. The molecule has 1 N–H and O–H groups in total. The Morgan fingerprint density at radius 1 is 0.657 bits per heavy atom. The first-order chi connectivity index (χ1) is 15.5. The van der Waals surface area contributed by atoms with Crippen LogP contribution in [0.1, 0.15) is 38.5 Å². The molecule has 4 saturated carbocycles. The second kappa shape index (κ2) is 8.66. The third-order valence-corrected chi connectivity index (χ3v) is 24.8. The number of carbonyl (C=O) groups is 3. The van der Waals surface area contributed by atoms with Gasteiger partial charge >= 0.3 is 5.97 Å². The van der Waals surface area contributed by atoms with Crippen molar-refractivity contribution in [1.82, 2.24) is 0 Å². The molecule has 0 saturated heterocycles. The van der Waals surface area contributed by atoms with Gasteiger partial charge < -0.3 is 14.0 Å². The molecule has 4 bridgehead atoms. The van der Waals surface area contributed by atoms with Crippen molar-refractivity contribution >= 4 is 50.7 Å². The summed E-state index contributed by atoms with van der Waals surface area (Å²) < 4.78 is 12.6. The first-order valence-electron chi connectivity index (χ1n) is 13.2. The lowest BCUT2D eigenvalue weighted by Gasteiger charge is -2.63. The van der Waals surface area contributed by atoms with E-state index < -0.39 is 55.0 Å². The van der Waals surface area contributed by atoms with Gasteiger partial charge in [0, 0.05) is 16.1 Å². The molecule has 10 heteroatoms. The summed E-state index contributed by atoms with van der Waals surface area (Å²) >= 11 is 0. The van der Waals surface area contributed by atoms with Crippen molar-refractivity contribution in [3.63, 3.8) is 0 Å². The van der Waals surface area contributed by atoms with Gasteiger partial charge in [0.15, 0.2) is 0 Å². The van der Waals surface area contributed by atoms with Crippen LogP contribution in [-0.2, 0) is 23.2 Å². The van der Waals surface area contributed by atoms with Gasteiger partial charge in [0.25, 0.3) is 11.9 Å². The molecule has 4 rings (SSSR count). The molecular formula is C25H48O6Si4. The molecule has 200 valence electrons. The Morgan fingerprint density at radius 2 is 0.971 bits per heavy atom. The number of carboxylic acid groups (broad SMARTS) is 1. The molecular weight excluding hydrogens is 509 g/mol. The minimum Gasteiger partial charge on any atom is -0.519 e. The van der Waals surface area contributed by atoms with Gasteiger partial charge in [-0.2, -0.15) is 0 Å². The summed E-state index contributed by atoms with van der Waals surface area (Å²) in [5.74, 6) is -1.30. The normalized spacial score (nSPS) is 32.9. The number of carboxylic acids is 1. The maximum atomic E-state index is 13.9. The zero-order valence-corrected chi connectivity index (χ0v) is 27.7. The third-order valence-electron chi connectivity index (χ3n) is 8.04. The first kappa shape index (κ1) is 28.8. The zero-order valence-electron chi connectivity index (χ0n) is 23.7. The van der Waals surface area contributed by atoms with Crippen LogP contribution >= 0.6 is 0 Å². The van der Waals surface area contributed by atoms with Gasteiger partial charge in [-0.1, -0.05) is 39.3 Å². The summed E-state index contributed by atoms with van der Waals surface area (Å²) in [6.07, 6.45) is 2.82. The predicted molar refractivity (Wildman–Crippen MR) is 150 cm³/mol. The van der Waals surface area contributed by atoms with Crippen molar-refractivity contribution in [3.8, 4) is 0 Å². The standard InChI is InChI=1S/C25H48O6Si4/c1-32(2,3)17-34(7,8)30-21(28)24-12-19-11-23(14-24,20(26)27)15-25(13-19,16-24)22(29)31-35(9,10)18-33(4,5)6/h19H,11-18H2,1-10H3,(H,26,27). The highest BCUT2D eigenvalue weighted by molar-refractivity contribution is 6.93. The summed E-state index contributed by atoms with van der Waals surface area (Å²) in [4.78, 5) is 40.4. The fraction of sp³-hybridized carbons (Fsp3) is 0.880. The molecule has 0 aromatic heterocycles. The predicted octanol–water partition coefficient (Wildman–Crippen LogP) is 6.28. The highest BCUT2D eigenvalue weighted by atomic mass is 28.4. The van der Waals surface area contributed by atoms with Gasteiger partial charge in [-0.3, -0.25) is 14.4 Å². The molecule has 0 heterocycles. The molecule has 0 amide bonds. The third kappa shape index (κ3) is 6.23. The monoisotopic (exact) mass is 556 g/mol. The van der Waals surface area contributed by atoms with Crippen molar-refractivity contribution < 1.29 is 28.3 Å². The van der Waals surface area contributed by atoms with E-state index in [0.29, 0.717) is 38.5 Å². The van der Waals surface area contributed by atoms with Crippen LogP contribution in [0, 0.1) is 22.2 Å². The molecule has 2 atom stereocenters. The van der Waals surface area contributed by atoms with Gasteiger partial charge in [-0.15, -0.1) is 0 Å². The lowest BCUT2D eigenvalue weighted by molar-refractivity contribution is -0.207. The number of aliphatic carboxylic acids is 1.